The first kappa shape index (κ1) is 40.1. The topological polar surface area (TPSA) is 63.6 Å². The highest BCUT2D eigenvalue weighted by Crippen LogP contribution is 2.61. The average molecular weight is 916 g/mol. The Kier molecular flexibility index (Phi) is 8.53. The Balaban J connectivity index is 0.820. The molecule has 4 aliphatic heterocycles. The van der Waals surface area contributed by atoms with Crippen molar-refractivity contribution in [3.63, 3.8) is 0 Å². The van der Waals surface area contributed by atoms with Crippen molar-refractivity contribution in [1.82, 2.24) is 15.0 Å². The van der Waals surface area contributed by atoms with Gasteiger partial charge in [-0.15, -0.1) is 0 Å². The SMILES string of the molecule is CC1(C)c2ccc(-c3ccc4c(c3)C3Oc5ccccc5C3N4c3ccccc3)cc2-c2cc(-c3ccc4c(c3)C3Oc5ccccc5C3N4c3nc(-c4ccccc4)nc(-c4ccccc4)n3)ccc21. The van der Waals surface area contributed by atoms with Crippen LogP contribution in [0, 0.1) is 0 Å². The summed E-state index contributed by atoms with van der Waals surface area (Å²) in [7, 11) is 0. The summed E-state index contributed by atoms with van der Waals surface area (Å²) in [5, 5.41) is 0. The number of hydrogen-bond donors (Lipinski definition) is 0. The molecule has 71 heavy (non-hydrogen) atoms. The van der Waals surface area contributed by atoms with Crippen LogP contribution in [0.3, 0.4) is 0 Å². The summed E-state index contributed by atoms with van der Waals surface area (Å²) < 4.78 is 13.7. The lowest BCUT2D eigenvalue weighted by Gasteiger charge is -2.26. The molecule has 7 heteroatoms. The van der Waals surface area contributed by atoms with E-state index in [4.69, 9.17) is 24.4 Å². The summed E-state index contributed by atoms with van der Waals surface area (Å²) in [6.45, 7) is 4.71. The number of aromatic nitrogens is 3. The Morgan fingerprint density at radius 3 is 1.32 bits per heavy atom. The van der Waals surface area contributed by atoms with Crippen molar-refractivity contribution in [3.8, 4) is 67.7 Å². The van der Waals surface area contributed by atoms with E-state index in [0.29, 0.717) is 17.6 Å². The maximum Gasteiger partial charge on any atom is 0.234 e. The Morgan fingerprint density at radius 1 is 0.380 bits per heavy atom. The number of anilines is 4. The number of ether oxygens (including phenoxy) is 2. The smallest absolute Gasteiger partial charge is 0.234 e. The van der Waals surface area contributed by atoms with Gasteiger partial charge in [0.25, 0.3) is 0 Å². The van der Waals surface area contributed by atoms with Crippen LogP contribution in [0.2, 0.25) is 0 Å². The van der Waals surface area contributed by atoms with Gasteiger partial charge in [0.05, 0.1) is 5.69 Å². The van der Waals surface area contributed by atoms with Crippen LogP contribution in [0.15, 0.2) is 212 Å². The van der Waals surface area contributed by atoms with Gasteiger partial charge in [0, 0.05) is 50.2 Å². The number of fused-ring (bicyclic) bond motifs is 13. The highest BCUT2D eigenvalue weighted by Gasteiger charge is 2.50. The molecular formula is C64H45N5O2. The van der Waals surface area contributed by atoms with E-state index in [1.54, 1.807) is 0 Å². The van der Waals surface area contributed by atoms with Gasteiger partial charge < -0.3 is 14.4 Å². The lowest BCUT2D eigenvalue weighted by atomic mass is 9.82. The zero-order valence-corrected chi connectivity index (χ0v) is 39.1. The molecule has 10 aromatic rings. The van der Waals surface area contributed by atoms with Gasteiger partial charge in [0.15, 0.2) is 23.9 Å². The summed E-state index contributed by atoms with van der Waals surface area (Å²) in [5.74, 6) is 3.69. The Morgan fingerprint density at radius 2 is 0.803 bits per heavy atom. The predicted octanol–water partition coefficient (Wildman–Crippen LogP) is 15.5. The number of para-hydroxylation sites is 3. The summed E-state index contributed by atoms with van der Waals surface area (Å²) in [5.41, 5.74) is 19.6. The van der Waals surface area contributed by atoms with E-state index in [-0.39, 0.29) is 29.7 Å². The van der Waals surface area contributed by atoms with E-state index >= 15 is 0 Å². The number of nitrogens with zero attached hydrogens (tertiary/aromatic N) is 5. The standard InChI is InChI=1S/C64H45N5O2/c1-64(2)51-30-26-40(42-28-32-53-49(36-42)59-57(45-22-12-14-24-55(45)70-59)68(53)44-20-10-5-11-21-44)34-47(51)48-35-41(27-31-52(48)64)43-29-33-54-50(37-43)60-58(46-23-13-15-25-56(46)71-60)69(54)63-66-61(38-16-6-3-7-17-38)65-62(67-63)39-18-8-4-9-19-39/h3-37,57-60H,1-2H3. The summed E-state index contributed by atoms with van der Waals surface area (Å²) in [6.07, 6.45) is -0.365. The maximum atomic E-state index is 6.90. The molecule has 9 aromatic carbocycles. The van der Waals surface area contributed by atoms with E-state index in [1.165, 1.54) is 55.9 Å². The van der Waals surface area contributed by atoms with Gasteiger partial charge in [-0.25, -0.2) is 4.98 Å². The van der Waals surface area contributed by atoms with Crippen LogP contribution in [0.1, 0.15) is 71.5 Å². The van der Waals surface area contributed by atoms with E-state index in [1.807, 2.05) is 42.5 Å². The molecule has 15 rings (SSSR count). The maximum absolute atomic E-state index is 6.90. The third kappa shape index (κ3) is 5.99. The van der Waals surface area contributed by atoms with E-state index in [2.05, 4.69) is 194 Å². The van der Waals surface area contributed by atoms with Crippen LogP contribution < -0.4 is 19.3 Å². The molecule has 0 N–H and O–H groups in total. The average Bonchev–Trinajstić information content (AvgIpc) is 4.22. The highest BCUT2D eigenvalue weighted by molar-refractivity contribution is 5.89. The zero-order chi connectivity index (χ0) is 47.0. The van der Waals surface area contributed by atoms with Crippen molar-refractivity contribution in [1.29, 1.82) is 0 Å². The summed E-state index contributed by atoms with van der Waals surface area (Å²) in [6, 6.07) is 75.7. The minimum Gasteiger partial charge on any atom is -0.483 e. The van der Waals surface area contributed by atoms with Gasteiger partial charge in [0.1, 0.15) is 23.6 Å². The van der Waals surface area contributed by atoms with Crippen molar-refractivity contribution >= 4 is 23.0 Å². The molecule has 5 aliphatic rings. The van der Waals surface area contributed by atoms with Crippen molar-refractivity contribution in [2.75, 3.05) is 9.80 Å². The van der Waals surface area contributed by atoms with Crippen LogP contribution in [0.4, 0.5) is 23.0 Å². The Labute approximate surface area is 412 Å². The first-order valence-corrected chi connectivity index (χ1v) is 24.5. The normalized spacial score (nSPS) is 18.8. The third-order valence-electron chi connectivity index (χ3n) is 15.6. The molecule has 7 nitrogen and oxygen atoms in total. The number of rotatable bonds is 6. The molecule has 0 saturated carbocycles. The van der Waals surface area contributed by atoms with E-state index < -0.39 is 0 Å². The predicted molar refractivity (Wildman–Crippen MR) is 281 cm³/mol. The van der Waals surface area contributed by atoms with Gasteiger partial charge in [-0.2, -0.15) is 9.97 Å². The molecule has 0 bridgehead atoms. The molecule has 0 saturated heterocycles. The molecule has 0 amide bonds. The van der Waals surface area contributed by atoms with Crippen LogP contribution in [-0.4, -0.2) is 15.0 Å². The van der Waals surface area contributed by atoms with E-state index in [9.17, 15) is 0 Å². The molecule has 5 heterocycles. The van der Waals surface area contributed by atoms with Gasteiger partial charge in [-0.05, 0) is 105 Å². The minimum absolute atomic E-state index is 0.0673. The first-order valence-electron chi connectivity index (χ1n) is 24.5. The lowest BCUT2D eigenvalue weighted by molar-refractivity contribution is 0.223. The second kappa shape index (κ2) is 15.1. The fourth-order valence-corrected chi connectivity index (χ4v) is 12.2. The van der Waals surface area contributed by atoms with Crippen molar-refractivity contribution < 1.29 is 9.47 Å². The molecule has 0 spiro atoms. The molecule has 0 fully saturated rings. The fraction of sp³-hybridized carbons (Fsp3) is 0.109. The molecule has 4 atom stereocenters. The summed E-state index contributed by atoms with van der Waals surface area (Å²) >= 11 is 0. The Hall–Kier alpha value is -8.81. The van der Waals surface area contributed by atoms with E-state index in [0.717, 1.165) is 50.6 Å². The summed E-state index contributed by atoms with van der Waals surface area (Å²) in [4.78, 5) is 20.2. The molecule has 338 valence electrons. The van der Waals surface area contributed by atoms with Gasteiger partial charge in [0.2, 0.25) is 5.95 Å². The van der Waals surface area contributed by atoms with Crippen molar-refractivity contribution in [2.45, 2.75) is 43.6 Å². The van der Waals surface area contributed by atoms with Crippen molar-refractivity contribution in [3.05, 3.63) is 246 Å². The third-order valence-corrected chi connectivity index (χ3v) is 15.6. The second-order valence-corrected chi connectivity index (χ2v) is 19.8. The van der Waals surface area contributed by atoms with Gasteiger partial charge >= 0.3 is 0 Å². The zero-order valence-electron chi connectivity index (χ0n) is 39.1. The number of benzene rings is 9. The fourth-order valence-electron chi connectivity index (χ4n) is 12.2. The first-order chi connectivity index (χ1) is 34.9. The highest BCUT2D eigenvalue weighted by atomic mass is 16.5. The van der Waals surface area contributed by atoms with Gasteiger partial charge in [-0.3, -0.25) is 4.90 Å². The molecule has 1 aliphatic carbocycles. The monoisotopic (exact) mass is 915 g/mol. The minimum atomic E-state index is -0.262. The van der Waals surface area contributed by atoms with Crippen LogP contribution in [0.5, 0.6) is 11.5 Å². The largest absolute Gasteiger partial charge is 0.483 e. The molecular weight excluding hydrogens is 871 g/mol. The molecule has 4 unspecified atom stereocenters. The Bertz CT molecular complexity index is 3740. The second-order valence-electron chi connectivity index (χ2n) is 19.8. The van der Waals surface area contributed by atoms with Gasteiger partial charge in [-0.1, -0.05) is 166 Å². The van der Waals surface area contributed by atoms with Crippen LogP contribution in [0.25, 0.3) is 56.2 Å². The van der Waals surface area contributed by atoms with Crippen LogP contribution in [-0.2, 0) is 5.41 Å². The molecule has 1 aromatic heterocycles. The number of hydrogen-bond acceptors (Lipinski definition) is 7. The molecule has 0 radical (unpaired) electrons. The van der Waals surface area contributed by atoms with Crippen LogP contribution >= 0.6 is 0 Å². The van der Waals surface area contributed by atoms with Crippen molar-refractivity contribution in [2.24, 2.45) is 0 Å². The lowest BCUT2D eigenvalue weighted by Crippen LogP contribution is -2.23. The quantitative estimate of drug-likeness (QED) is 0.165.